The van der Waals surface area contributed by atoms with Gasteiger partial charge in [-0.05, 0) is 37.6 Å². The van der Waals surface area contributed by atoms with Crippen molar-refractivity contribution >= 4 is 22.5 Å². The van der Waals surface area contributed by atoms with Crippen LogP contribution in [0, 0.1) is 6.92 Å². The van der Waals surface area contributed by atoms with E-state index in [-0.39, 0.29) is 24.1 Å². The van der Waals surface area contributed by atoms with Crippen LogP contribution in [0.25, 0.3) is 16.6 Å². The van der Waals surface area contributed by atoms with Gasteiger partial charge >= 0.3 is 0 Å². The second-order valence-corrected chi connectivity index (χ2v) is 8.35. The third kappa shape index (κ3) is 4.01. The number of aromatic nitrogens is 3. The number of nitrogens with zero attached hydrogens (tertiary/aromatic N) is 3. The predicted molar refractivity (Wildman–Crippen MR) is 129 cm³/mol. The van der Waals surface area contributed by atoms with Gasteiger partial charge in [-0.3, -0.25) is 14.3 Å². The maximum atomic E-state index is 13.2. The molecule has 5 rings (SSSR count). The Morgan fingerprint density at radius 2 is 1.80 bits per heavy atom. The quantitative estimate of drug-likeness (QED) is 0.454. The van der Waals surface area contributed by atoms with E-state index >= 15 is 0 Å². The highest BCUT2D eigenvalue weighted by molar-refractivity contribution is 5.96. The molecule has 1 aliphatic heterocycles. The fourth-order valence-electron chi connectivity index (χ4n) is 4.43. The van der Waals surface area contributed by atoms with E-state index in [0.29, 0.717) is 58.5 Å². The molecule has 0 fully saturated rings. The molecule has 0 aliphatic carbocycles. The highest BCUT2D eigenvalue weighted by Crippen LogP contribution is 2.35. The van der Waals surface area contributed by atoms with Crippen molar-refractivity contribution in [1.82, 2.24) is 19.5 Å². The standard InChI is InChI=1S/C25H26N4O6/c1-14-9-23(30)27-25-17-11-20(32-3)21(33-4)12-18(17)28(29(14)25)13-24(31)26-15(2)16-5-6-19-22(10-16)35-8-7-34-19/h5-6,9-12,15H,7-8,13H2,1-4H3,(H,26,31)/t15-/m1/s1. The number of benzene rings is 2. The largest absolute Gasteiger partial charge is 0.493 e. The van der Waals surface area contributed by atoms with Gasteiger partial charge in [0.15, 0.2) is 28.6 Å². The Morgan fingerprint density at radius 1 is 1.09 bits per heavy atom. The summed E-state index contributed by atoms with van der Waals surface area (Å²) < 4.78 is 25.7. The summed E-state index contributed by atoms with van der Waals surface area (Å²) in [5.41, 5.74) is 2.33. The minimum Gasteiger partial charge on any atom is -0.493 e. The van der Waals surface area contributed by atoms with E-state index in [1.165, 1.54) is 6.07 Å². The Bertz CT molecular complexity index is 1510. The molecule has 3 heterocycles. The molecule has 182 valence electrons. The number of hydrogen-bond donors (Lipinski definition) is 1. The van der Waals surface area contributed by atoms with Gasteiger partial charge in [0.05, 0.1) is 25.8 Å². The molecule has 10 nitrogen and oxygen atoms in total. The normalized spacial score (nSPS) is 13.6. The molecule has 2 aromatic carbocycles. The lowest BCUT2D eigenvalue weighted by Crippen LogP contribution is -2.31. The molecule has 0 unspecified atom stereocenters. The van der Waals surface area contributed by atoms with Crippen molar-refractivity contribution in [3.05, 3.63) is 58.0 Å². The molecular weight excluding hydrogens is 452 g/mol. The molecule has 4 aromatic rings. The monoisotopic (exact) mass is 478 g/mol. The van der Waals surface area contributed by atoms with Gasteiger partial charge in [-0.2, -0.15) is 4.98 Å². The fraction of sp³-hybridized carbons (Fsp3) is 0.320. The molecule has 0 spiro atoms. The van der Waals surface area contributed by atoms with Crippen LogP contribution in [0.2, 0.25) is 0 Å². The van der Waals surface area contributed by atoms with Crippen molar-refractivity contribution in [3.8, 4) is 23.0 Å². The van der Waals surface area contributed by atoms with Crippen molar-refractivity contribution in [2.45, 2.75) is 26.4 Å². The molecule has 10 heteroatoms. The molecule has 0 saturated heterocycles. The Labute approximate surface area is 201 Å². The van der Waals surface area contributed by atoms with Gasteiger partial charge in [-0.15, -0.1) is 0 Å². The van der Waals surface area contributed by atoms with Crippen molar-refractivity contribution in [2.24, 2.45) is 0 Å². The summed E-state index contributed by atoms with van der Waals surface area (Å²) in [5.74, 6) is 2.18. The number of fused-ring (bicyclic) bond motifs is 4. The van der Waals surface area contributed by atoms with Gasteiger partial charge in [0.2, 0.25) is 5.91 Å². The Morgan fingerprint density at radius 3 is 2.54 bits per heavy atom. The zero-order valence-corrected chi connectivity index (χ0v) is 20.0. The van der Waals surface area contributed by atoms with Crippen LogP contribution in [0.5, 0.6) is 23.0 Å². The smallest absolute Gasteiger partial charge is 0.273 e. The lowest BCUT2D eigenvalue weighted by Gasteiger charge is -2.21. The second kappa shape index (κ2) is 8.86. The van der Waals surface area contributed by atoms with Crippen molar-refractivity contribution < 1.29 is 23.7 Å². The van der Waals surface area contributed by atoms with E-state index in [1.807, 2.05) is 25.1 Å². The van der Waals surface area contributed by atoms with Gasteiger partial charge in [0.25, 0.3) is 5.56 Å². The van der Waals surface area contributed by atoms with E-state index in [4.69, 9.17) is 18.9 Å². The molecule has 1 amide bonds. The Balaban J connectivity index is 1.51. The zero-order valence-electron chi connectivity index (χ0n) is 20.0. The molecule has 1 N–H and O–H groups in total. The lowest BCUT2D eigenvalue weighted by atomic mass is 10.1. The summed E-state index contributed by atoms with van der Waals surface area (Å²) in [4.78, 5) is 29.6. The van der Waals surface area contributed by atoms with E-state index in [1.54, 1.807) is 42.5 Å². The van der Waals surface area contributed by atoms with E-state index in [0.717, 1.165) is 5.56 Å². The summed E-state index contributed by atoms with van der Waals surface area (Å²) in [5, 5.41) is 3.72. The van der Waals surface area contributed by atoms with Crippen LogP contribution in [0.15, 0.2) is 41.2 Å². The average molecular weight is 479 g/mol. The molecular formula is C25H26N4O6. The molecule has 1 atom stereocenters. The average Bonchev–Trinajstić information content (AvgIpc) is 3.14. The number of rotatable bonds is 6. The van der Waals surface area contributed by atoms with Gasteiger partial charge in [-0.25, -0.2) is 4.52 Å². The summed E-state index contributed by atoms with van der Waals surface area (Å²) in [6.07, 6.45) is 0. The van der Waals surface area contributed by atoms with E-state index in [2.05, 4.69) is 10.3 Å². The van der Waals surface area contributed by atoms with Crippen LogP contribution in [0.3, 0.4) is 0 Å². The maximum absolute atomic E-state index is 13.2. The number of methoxy groups -OCH3 is 2. The first kappa shape index (κ1) is 22.6. The number of aryl methyl sites for hydroxylation is 1. The number of nitrogens with one attached hydrogen (secondary N) is 1. The van der Waals surface area contributed by atoms with Crippen LogP contribution in [0.4, 0.5) is 0 Å². The summed E-state index contributed by atoms with van der Waals surface area (Å²) in [7, 11) is 3.09. The summed E-state index contributed by atoms with van der Waals surface area (Å²) >= 11 is 0. The van der Waals surface area contributed by atoms with Crippen LogP contribution in [-0.4, -0.2) is 47.5 Å². The predicted octanol–water partition coefficient (Wildman–Crippen LogP) is 2.62. The Kier molecular flexibility index (Phi) is 5.72. The number of ether oxygens (including phenoxy) is 4. The SMILES string of the molecule is COc1cc2c(cc1OC)n(CC(=O)N[C@H](C)c1ccc3c(c1)OCCO3)n1c(C)cc(=O)nc21. The van der Waals surface area contributed by atoms with Gasteiger partial charge in [0.1, 0.15) is 19.8 Å². The lowest BCUT2D eigenvalue weighted by molar-refractivity contribution is -0.122. The first-order valence-corrected chi connectivity index (χ1v) is 11.2. The van der Waals surface area contributed by atoms with Gasteiger partial charge in [0, 0.05) is 23.2 Å². The zero-order chi connectivity index (χ0) is 24.7. The second-order valence-electron chi connectivity index (χ2n) is 8.35. The van der Waals surface area contributed by atoms with Crippen molar-refractivity contribution in [3.63, 3.8) is 0 Å². The molecule has 35 heavy (non-hydrogen) atoms. The topological polar surface area (TPSA) is 105 Å². The first-order chi connectivity index (χ1) is 16.9. The third-order valence-corrected chi connectivity index (χ3v) is 6.08. The molecule has 0 radical (unpaired) electrons. The van der Waals surface area contributed by atoms with Crippen LogP contribution in [-0.2, 0) is 11.3 Å². The fourth-order valence-corrected chi connectivity index (χ4v) is 4.43. The number of carbonyl (C=O) groups excluding carboxylic acids is 1. The summed E-state index contributed by atoms with van der Waals surface area (Å²) in [6, 6.07) is 10.4. The van der Waals surface area contributed by atoms with Crippen LogP contribution >= 0.6 is 0 Å². The molecule has 2 aromatic heterocycles. The van der Waals surface area contributed by atoms with Gasteiger partial charge in [-0.1, -0.05) is 6.07 Å². The van der Waals surface area contributed by atoms with Crippen LogP contribution < -0.4 is 29.8 Å². The number of carbonyl (C=O) groups is 1. The van der Waals surface area contributed by atoms with E-state index in [9.17, 15) is 9.59 Å². The van der Waals surface area contributed by atoms with E-state index < -0.39 is 0 Å². The third-order valence-electron chi connectivity index (χ3n) is 6.08. The minimum atomic E-state index is -0.354. The maximum Gasteiger partial charge on any atom is 0.273 e. The highest BCUT2D eigenvalue weighted by Gasteiger charge is 2.21. The van der Waals surface area contributed by atoms with Crippen molar-refractivity contribution in [2.75, 3.05) is 27.4 Å². The van der Waals surface area contributed by atoms with Crippen molar-refractivity contribution in [1.29, 1.82) is 0 Å². The molecule has 0 bridgehead atoms. The number of hydrogen-bond acceptors (Lipinski definition) is 7. The summed E-state index contributed by atoms with van der Waals surface area (Å²) in [6.45, 7) is 4.72. The Hall–Kier alpha value is -4.21. The molecule has 1 aliphatic rings. The number of amides is 1. The van der Waals surface area contributed by atoms with Gasteiger partial charge < -0.3 is 24.3 Å². The molecule has 0 saturated carbocycles. The first-order valence-electron chi connectivity index (χ1n) is 11.2. The minimum absolute atomic E-state index is 0.00420. The van der Waals surface area contributed by atoms with Crippen LogP contribution in [0.1, 0.15) is 24.2 Å². The highest BCUT2D eigenvalue weighted by atomic mass is 16.6.